The molecule has 0 bridgehead atoms. The van der Waals surface area contributed by atoms with Crippen LogP contribution in [-0.2, 0) is 0 Å². The second kappa shape index (κ2) is 4.85. The summed E-state index contributed by atoms with van der Waals surface area (Å²) in [6, 6.07) is 0. The first kappa shape index (κ1) is 13.0. The highest BCUT2D eigenvalue weighted by molar-refractivity contribution is 9.10. The molecule has 1 rings (SSSR count). The average Bonchev–Trinajstić information content (AvgIpc) is 2.19. The number of hydrogen-bond donors (Lipinski definition) is 1. The van der Waals surface area contributed by atoms with E-state index in [2.05, 4.69) is 38.8 Å². The maximum absolute atomic E-state index is 5.89. The lowest BCUT2D eigenvalue weighted by molar-refractivity contribution is 0.405. The van der Waals surface area contributed by atoms with Crippen molar-refractivity contribution in [1.82, 2.24) is 0 Å². The normalized spacial score (nSPS) is 12.7. The van der Waals surface area contributed by atoms with Crippen LogP contribution in [0.15, 0.2) is 4.47 Å². The molecule has 4 heteroatoms. The topological polar surface area (TPSA) is 35.2 Å². The van der Waals surface area contributed by atoms with Gasteiger partial charge in [0.15, 0.2) is 0 Å². The summed E-state index contributed by atoms with van der Waals surface area (Å²) in [6.07, 6.45) is 0. The van der Waals surface area contributed by atoms with Gasteiger partial charge in [-0.15, -0.1) is 0 Å². The molecule has 1 aromatic carbocycles. The standard InChI is InChI=1S/C11H15Br2NO/c1-5-6(2)10(15-4)8(11(13)14)7(3)9(5)12/h11H,14H2,1-4H3. The molecule has 0 aliphatic carbocycles. The van der Waals surface area contributed by atoms with Gasteiger partial charge < -0.3 is 10.5 Å². The van der Waals surface area contributed by atoms with E-state index in [1.807, 2.05) is 13.8 Å². The Morgan fingerprint density at radius 2 is 1.67 bits per heavy atom. The molecule has 0 aliphatic heterocycles. The fraction of sp³-hybridized carbons (Fsp3) is 0.455. The molecular formula is C11H15Br2NO. The van der Waals surface area contributed by atoms with Gasteiger partial charge in [-0.25, -0.2) is 0 Å². The molecule has 0 aromatic heterocycles. The van der Waals surface area contributed by atoms with E-state index in [9.17, 15) is 0 Å². The highest BCUT2D eigenvalue weighted by Crippen LogP contribution is 2.40. The Bertz CT molecular complexity index is 389. The smallest absolute Gasteiger partial charge is 0.128 e. The lowest BCUT2D eigenvalue weighted by atomic mass is 9.99. The van der Waals surface area contributed by atoms with Crippen LogP contribution in [0.25, 0.3) is 0 Å². The van der Waals surface area contributed by atoms with E-state index in [4.69, 9.17) is 10.5 Å². The van der Waals surface area contributed by atoms with Crippen LogP contribution in [0.2, 0.25) is 0 Å². The van der Waals surface area contributed by atoms with Gasteiger partial charge in [0, 0.05) is 10.0 Å². The fourth-order valence-corrected chi connectivity index (χ4v) is 2.76. The maximum Gasteiger partial charge on any atom is 0.128 e. The Kier molecular flexibility index (Phi) is 4.20. The second-order valence-corrected chi connectivity index (χ2v) is 5.32. The van der Waals surface area contributed by atoms with Crippen molar-refractivity contribution in [2.24, 2.45) is 5.73 Å². The van der Waals surface area contributed by atoms with E-state index in [0.29, 0.717) is 0 Å². The van der Waals surface area contributed by atoms with Crippen molar-refractivity contribution in [3.05, 3.63) is 26.7 Å². The van der Waals surface area contributed by atoms with Crippen LogP contribution in [-0.4, -0.2) is 7.11 Å². The molecule has 15 heavy (non-hydrogen) atoms. The number of hydrogen-bond acceptors (Lipinski definition) is 2. The van der Waals surface area contributed by atoms with Crippen LogP contribution < -0.4 is 10.5 Å². The van der Waals surface area contributed by atoms with Crippen molar-refractivity contribution in [2.45, 2.75) is 25.7 Å². The van der Waals surface area contributed by atoms with E-state index in [1.54, 1.807) is 7.11 Å². The van der Waals surface area contributed by atoms with Crippen LogP contribution in [0.4, 0.5) is 0 Å². The van der Waals surface area contributed by atoms with Gasteiger partial charge in [0.25, 0.3) is 0 Å². The first-order chi connectivity index (χ1) is 6.91. The van der Waals surface area contributed by atoms with E-state index >= 15 is 0 Å². The van der Waals surface area contributed by atoms with Gasteiger partial charge in [0.1, 0.15) is 5.75 Å². The lowest BCUT2D eigenvalue weighted by Crippen LogP contribution is -2.09. The number of halogens is 2. The van der Waals surface area contributed by atoms with Gasteiger partial charge >= 0.3 is 0 Å². The minimum absolute atomic E-state index is 0.206. The number of rotatable bonds is 2. The third-order valence-corrected chi connectivity index (χ3v) is 4.34. The van der Waals surface area contributed by atoms with Crippen LogP contribution >= 0.6 is 31.9 Å². The molecule has 1 atom stereocenters. The average molecular weight is 337 g/mol. The van der Waals surface area contributed by atoms with Crippen LogP contribution in [0.3, 0.4) is 0 Å². The minimum Gasteiger partial charge on any atom is -0.496 e. The summed E-state index contributed by atoms with van der Waals surface area (Å²) < 4.78 is 6.53. The molecule has 1 aromatic rings. The van der Waals surface area contributed by atoms with Crippen LogP contribution in [0, 0.1) is 20.8 Å². The molecule has 0 saturated heterocycles. The number of methoxy groups -OCH3 is 1. The molecule has 2 N–H and O–H groups in total. The van der Waals surface area contributed by atoms with Crippen LogP contribution in [0.5, 0.6) is 5.75 Å². The quantitative estimate of drug-likeness (QED) is 0.659. The predicted octanol–water partition coefficient (Wildman–Crippen LogP) is 3.74. The van der Waals surface area contributed by atoms with E-state index in [-0.39, 0.29) is 4.95 Å². The fourth-order valence-electron chi connectivity index (χ4n) is 1.70. The third kappa shape index (κ3) is 2.22. The van der Waals surface area contributed by atoms with Crippen LogP contribution in [0.1, 0.15) is 27.2 Å². The molecule has 0 saturated carbocycles. The first-order valence-electron chi connectivity index (χ1n) is 4.64. The Labute approximate surface area is 107 Å². The SMILES string of the molecule is COc1c(C)c(C)c(Br)c(C)c1C(N)Br. The highest BCUT2D eigenvalue weighted by atomic mass is 79.9. The number of ether oxygens (including phenoxy) is 1. The summed E-state index contributed by atoms with van der Waals surface area (Å²) in [4.78, 5) is -0.206. The Balaban J connectivity index is 3.62. The largest absolute Gasteiger partial charge is 0.496 e. The lowest BCUT2D eigenvalue weighted by Gasteiger charge is -2.20. The summed E-state index contributed by atoms with van der Waals surface area (Å²) in [5.41, 5.74) is 10.3. The summed E-state index contributed by atoms with van der Waals surface area (Å²) in [6.45, 7) is 6.14. The van der Waals surface area contributed by atoms with E-state index in [1.165, 1.54) is 5.56 Å². The van der Waals surface area contributed by atoms with Gasteiger partial charge in [-0.2, -0.15) is 0 Å². The Morgan fingerprint density at radius 3 is 2.07 bits per heavy atom. The molecule has 0 heterocycles. The van der Waals surface area contributed by atoms with E-state index in [0.717, 1.165) is 26.9 Å². The summed E-state index contributed by atoms with van der Waals surface area (Å²) in [5.74, 6) is 0.873. The number of benzene rings is 1. The molecule has 0 radical (unpaired) electrons. The van der Waals surface area contributed by atoms with Gasteiger partial charge in [-0.3, -0.25) is 0 Å². The molecule has 0 aliphatic rings. The summed E-state index contributed by atoms with van der Waals surface area (Å²) in [5, 5.41) is 0. The van der Waals surface area contributed by atoms with Gasteiger partial charge in [-0.05, 0) is 37.5 Å². The zero-order valence-electron chi connectivity index (χ0n) is 9.32. The predicted molar refractivity (Wildman–Crippen MR) is 70.8 cm³/mol. The molecule has 0 amide bonds. The summed E-state index contributed by atoms with van der Waals surface area (Å²) in [7, 11) is 1.67. The first-order valence-corrected chi connectivity index (χ1v) is 6.35. The number of nitrogens with two attached hydrogens (primary N) is 1. The molecule has 84 valence electrons. The van der Waals surface area contributed by atoms with Crippen molar-refractivity contribution >= 4 is 31.9 Å². The van der Waals surface area contributed by atoms with Crippen molar-refractivity contribution in [3.63, 3.8) is 0 Å². The molecule has 1 unspecified atom stereocenters. The second-order valence-electron chi connectivity index (χ2n) is 3.54. The number of alkyl halides is 1. The van der Waals surface area contributed by atoms with Crippen molar-refractivity contribution in [1.29, 1.82) is 0 Å². The molecular weight excluding hydrogens is 322 g/mol. The van der Waals surface area contributed by atoms with Crippen molar-refractivity contribution in [3.8, 4) is 5.75 Å². The van der Waals surface area contributed by atoms with Gasteiger partial charge in [0.05, 0.1) is 12.1 Å². The molecule has 0 spiro atoms. The molecule has 0 fully saturated rings. The minimum atomic E-state index is -0.206. The van der Waals surface area contributed by atoms with E-state index < -0.39 is 0 Å². The molecule has 2 nitrogen and oxygen atoms in total. The zero-order valence-corrected chi connectivity index (χ0v) is 12.5. The highest BCUT2D eigenvalue weighted by Gasteiger charge is 2.19. The van der Waals surface area contributed by atoms with Gasteiger partial charge in [0.2, 0.25) is 0 Å². The van der Waals surface area contributed by atoms with Crippen molar-refractivity contribution < 1.29 is 4.74 Å². The monoisotopic (exact) mass is 335 g/mol. The zero-order chi connectivity index (χ0) is 11.7. The van der Waals surface area contributed by atoms with Crippen molar-refractivity contribution in [2.75, 3.05) is 7.11 Å². The Morgan fingerprint density at radius 1 is 1.13 bits per heavy atom. The third-order valence-electron chi connectivity index (χ3n) is 2.69. The maximum atomic E-state index is 5.89. The van der Waals surface area contributed by atoms with Gasteiger partial charge in [-0.1, -0.05) is 31.9 Å². The Hall–Kier alpha value is -0.0600. The summed E-state index contributed by atoms with van der Waals surface area (Å²) >= 11 is 6.98.